The Morgan fingerprint density at radius 3 is 1.41 bits per heavy atom. The van der Waals surface area contributed by atoms with E-state index < -0.39 is 0 Å². The van der Waals surface area contributed by atoms with Gasteiger partial charge in [0.25, 0.3) is 0 Å². The van der Waals surface area contributed by atoms with Gasteiger partial charge in [-0.25, -0.2) is 0 Å². The molecule has 0 fully saturated rings. The fourth-order valence-electron chi connectivity index (χ4n) is 4.82. The molecule has 4 heteroatoms. The van der Waals surface area contributed by atoms with Crippen molar-refractivity contribution in [1.82, 2.24) is 4.90 Å². The molecule has 0 aliphatic heterocycles. The quantitative estimate of drug-likeness (QED) is 0.140. The van der Waals surface area contributed by atoms with E-state index in [4.69, 9.17) is 0 Å². The first-order valence-corrected chi connectivity index (χ1v) is 15.6. The maximum atomic E-state index is 12.2. The number of benzene rings is 1. The molecular formula is C33H58N2O2. The topological polar surface area (TPSA) is 49.4 Å². The van der Waals surface area contributed by atoms with Crippen LogP contribution in [0.25, 0.3) is 0 Å². The third-order valence-corrected chi connectivity index (χ3v) is 7.37. The van der Waals surface area contributed by atoms with Crippen molar-refractivity contribution in [2.24, 2.45) is 0 Å². The van der Waals surface area contributed by atoms with Gasteiger partial charge in [0, 0.05) is 32.6 Å². The standard InChI is InChI=1S/C33H58N2O2/c1-4-5-6-7-8-9-10-11-12-13-14-15-16-17-18-19-20-21-22-23-32(36)34-31-27-24-30(25-28-31)26-29-33(37)35(2)3/h24-25,27-28H,4-23,26,29H2,1-3H3,(H,34,36). The van der Waals surface area contributed by atoms with Crippen LogP contribution in [0, 0.1) is 0 Å². The van der Waals surface area contributed by atoms with Crippen molar-refractivity contribution in [3.63, 3.8) is 0 Å². The fourth-order valence-corrected chi connectivity index (χ4v) is 4.82. The van der Waals surface area contributed by atoms with E-state index in [9.17, 15) is 9.59 Å². The SMILES string of the molecule is CCCCCCCCCCCCCCCCCCCCCC(=O)Nc1ccc(CCC(=O)N(C)C)cc1. The maximum absolute atomic E-state index is 12.2. The van der Waals surface area contributed by atoms with Gasteiger partial charge in [-0.3, -0.25) is 9.59 Å². The molecule has 0 saturated heterocycles. The van der Waals surface area contributed by atoms with Crippen molar-refractivity contribution < 1.29 is 9.59 Å². The third-order valence-electron chi connectivity index (χ3n) is 7.37. The fraction of sp³-hybridized carbons (Fsp3) is 0.758. The minimum Gasteiger partial charge on any atom is -0.349 e. The number of unbranched alkanes of at least 4 members (excludes halogenated alkanes) is 18. The van der Waals surface area contributed by atoms with Crippen molar-refractivity contribution in [3.05, 3.63) is 29.8 Å². The molecule has 1 aromatic carbocycles. The number of hydrogen-bond donors (Lipinski definition) is 1. The predicted octanol–water partition coefficient (Wildman–Crippen LogP) is 9.47. The normalized spacial score (nSPS) is 11.0. The van der Waals surface area contributed by atoms with Gasteiger partial charge in [0.15, 0.2) is 0 Å². The molecule has 0 heterocycles. The highest BCUT2D eigenvalue weighted by molar-refractivity contribution is 5.90. The first kappa shape index (κ1) is 33.2. The van der Waals surface area contributed by atoms with Crippen LogP contribution in [0.15, 0.2) is 24.3 Å². The van der Waals surface area contributed by atoms with Crippen LogP contribution in [0.3, 0.4) is 0 Å². The molecule has 0 aliphatic carbocycles. The second-order valence-corrected chi connectivity index (χ2v) is 11.1. The van der Waals surface area contributed by atoms with Crippen LogP contribution in [0.4, 0.5) is 5.69 Å². The summed E-state index contributed by atoms with van der Waals surface area (Å²) in [6, 6.07) is 7.86. The van der Waals surface area contributed by atoms with Gasteiger partial charge in [-0.15, -0.1) is 0 Å². The monoisotopic (exact) mass is 514 g/mol. The van der Waals surface area contributed by atoms with E-state index >= 15 is 0 Å². The molecule has 212 valence electrons. The summed E-state index contributed by atoms with van der Waals surface area (Å²) in [5.74, 6) is 0.236. The molecule has 0 spiro atoms. The Morgan fingerprint density at radius 2 is 1.00 bits per heavy atom. The summed E-state index contributed by atoms with van der Waals surface area (Å²) < 4.78 is 0. The van der Waals surface area contributed by atoms with E-state index in [2.05, 4.69) is 12.2 Å². The van der Waals surface area contributed by atoms with Crippen molar-refractivity contribution in [1.29, 1.82) is 0 Å². The zero-order valence-electron chi connectivity index (χ0n) is 24.6. The van der Waals surface area contributed by atoms with Gasteiger partial charge in [0.1, 0.15) is 0 Å². The number of carbonyl (C=O) groups is 2. The lowest BCUT2D eigenvalue weighted by Gasteiger charge is -2.10. The van der Waals surface area contributed by atoms with Crippen LogP contribution in [0.5, 0.6) is 0 Å². The number of anilines is 1. The molecule has 0 atom stereocenters. The number of nitrogens with one attached hydrogen (secondary N) is 1. The van der Waals surface area contributed by atoms with E-state index in [0.29, 0.717) is 12.8 Å². The zero-order chi connectivity index (χ0) is 27.0. The summed E-state index contributed by atoms with van der Waals surface area (Å²) in [4.78, 5) is 25.5. The minimum atomic E-state index is 0.0995. The molecule has 2 amide bonds. The lowest BCUT2D eigenvalue weighted by atomic mass is 10.0. The lowest BCUT2D eigenvalue weighted by molar-refractivity contribution is -0.128. The van der Waals surface area contributed by atoms with Gasteiger partial charge >= 0.3 is 0 Å². The van der Waals surface area contributed by atoms with E-state index in [1.807, 2.05) is 24.3 Å². The molecule has 37 heavy (non-hydrogen) atoms. The Balaban J connectivity index is 1.87. The molecule has 1 N–H and O–H groups in total. The number of amides is 2. The predicted molar refractivity (Wildman–Crippen MR) is 160 cm³/mol. The van der Waals surface area contributed by atoms with Crippen LogP contribution < -0.4 is 5.32 Å². The molecule has 1 aromatic rings. The molecular weight excluding hydrogens is 456 g/mol. The third kappa shape index (κ3) is 19.9. The summed E-state index contributed by atoms with van der Waals surface area (Å²) in [7, 11) is 3.56. The minimum absolute atomic E-state index is 0.0995. The van der Waals surface area contributed by atoms with E-state index in [1.165, 1.54) is 109 Å². The molecule has 0 saturated carbocycles. The Labute approximate surface area is 229 Å². The van der Waals surface area contributed by atoms with Crippen LogP contribution >= 0.6 is 0 Å². The van der Waals surface area contributed by atoms with Gasteiger partial charge in [-0.2, -0.15) is 0 Å². The molecule has 1 rings (SSSR count). The van der Waals surface area contributed by atoms with E-state index in [1.54, 1.807) is 19.0 Å². The van der Waals surface area contributed by atoms with Crippen LogP contribution in [-0.4, -0.2) is 30.8 Å². The van der Waals surface area contributed by atoms with Crippen LogP contribution in [0.1, 0.15) is 147 Å². The first-order valence-electron chi connectivity index (χ1n) is 15.6. The molecule has 0 radical (unpaired) electrons. The number of nitrogens with zero attached hydrogens (tertiary/aromatic N) is 1. The first-order chi connectivity index (χ1) is 18.0. The Bertz CT molecular complexity index is 684. The van der Waals surface area contributed by atoms with Gasteiger partial charge in [-0.05, 0) is 30.5 Å². The van der Waals surface area contributed by atoms with E-state index in [-0.39, 0.29) is 11.8 Å². The summed E-state index contributed by atoms with van der Waals surface area (Å²) in [5.41, 5.74) is 1.96. The molecule has 0 aromatic heterocycles. The molecule has 0 aliphatic rings. The Kier molecular flexibility index (Phi) is 20.9. The number of aryl methyl sites for hydroxylation is 1. The van der Waals surface area contributed by atoms with Crippen molar-refractivity contribution >= 4 is 17.5 Å². The largest absolute Gasteiger partial charge is 0.349 e. The second kappa shape index (κ2) is 23.3. The summed E-state index contributed by atoms with van der Waals surface area (Å²) >= 11 is 0. The van der Waals surface area contributed by atoms with Gasteiger partial charge in [0.05, 0.1) is 0 Å². The highest BCUT2D eigenvalue weighted by atomic mass is 16.2. The van der Waals surface area contributed by atoms with Crippen molar-refractivity contribution in [3.8, 4) is 0 Å². The summed E-state index contributed by atoms with van der Waals surface area (Å²) in [5, 5.41) is 3.00. The van der Waals surface area contributed by atoms with Crippen molar-refractivity contribution in [2.45, 2.75) is 148 Å². The highest BCUT2D eigenvalue weighted by Gasteiger charge is 2.06. The van der Waals surface area contributed by atoms with Gasteiger partial charge in [0.2, 0.25) is 11.8 Å². The van der Waals surface area contributed by atoms with E-state index in [0.717, 1.165) is 30.5 Å². The summed E-state index contributed by atoms with van der Waals surface area (Å²) in [6.45, 7) is 2.29. The second-order valence-electron chi connectivity index (χ2n) is 11.1. The lowest BCUT2D eigenvalue weighted by Crippen LogP contribution is -2.21. The number of hydrogen-bond acceptors (Lipinski definition) is 2. The van der Waals surface area contributed by atoms with Gasteiger partial charge in [-0.1, -0.05) is 135 Å². The van der Waals surface area contributed by atoms with Crippen molar-refractivity contribution in [2.75, 3.05) is 19.4 Å². The molecule has 0 unspecified atom stereocenters. The average molecular weight is 515 g/mol. The smallest absolute Gasteiger partial charge is 0.224 e. The Morgan fingerprint density at radius 1 is 0.595 bits per heavy atom. The van der Waals surface area contributed by atoms with Crippen LogP contribution in [0.2, 0.25) is 0 Å². The van der Waals surface area contributed by atoms with Gasteiger partial charge < -0.3 is 10.2 Å². The maximum Gasteiger partial charge on any atom is 0.224 e. The molecule has 0 bridgehead atoms. The highest BCUT2D eigenvalue weighted by Crippen LogP contribution is 2.16. The average Bonchev–Trinajstić information content (AvgIpc) is 2.89. The number of carbonyl (C=O) groups excluding carboxylic acids is 2. The Hall–Kier alpha value is -1.84. The summed E-state index contributed by atoms with van der Waals surface area (Å²) in [6.07, 6.45) is 27.7. The van der Waals surface area contributed by atoms with Crippen LogP contribution in [-0.2, 0) is 16.0 Å². The number of rotatable bonds is 24. The molecule has 4 nitrogen and oxygen atoms in total. The zero-order valence-corrected chi connectivity index (χ0v) is 24.6.